The highest BCUT2D eigenvalue weighted by atomic mass is 35.5. The number of hydrogen-bond acceptors (Lipinski definition) is 3. The van der Waals surface area contributed by atoms with Gasteiger partial charge < -0.3 is 10.6 Å². The van der Waals surface area contributed by atoms with Crippen molar-refractivity contribution in [3.63, 3.8) is 0 Å². The molecule has 0 saturated carbocycles. The van der Waals surface area contributed by atoms with Crippen LogP contribution in [0.3, 0.4) is 0 Å². The molecule has 5 heteroatoms. The number of benzene rings is 1. The highest BCUT2D eigenvalue weighted by Crippen LogP contribution is 2.24. The zero-order valence-electron chi connectivity index (χ0n) is 10.7. The Balaban J connectivity index is 2.28. The van der Waals surface area contributed by atoms with E-state index in [1.54, 1.807) is 37.5 Å². The van der Waals surface area contributed by atoms with Crippen LogP contribution < -0.4 is 10.6 Å². The Hall–Kier alpha value is -2.07. The molecule has 1 amide bonds. The van der Waals surface area contributed by atoms with E-state index in [0.717, 1.165) is 5.56 Å². The summed E-state index contributed by atoms with van der Waals surface area (Å²) in [7, 11) is 1.73. The molecule has 4 nitrogen and oxygen atoms in total. The molecule has 1 aromatic heterocycles. The van der Waals surface area contributed by atoms with Gasteiger partial charge in [0.1, 0.15) is 5.82 Å². The molecule has 0 aliphatic carbocycles. The van der Waals surface area contributed by atoms with E-state index < -0.39 is 0 Å². The van der Waals surface area contributed by atoms with Gasteiger partial charge in [-0.1, -0.05) is 17.7 Å². The molecular formula is C14H14ClN3O. The number of pyridine rings is 1. The Bertz CT molecular complexity index is 613. The quantitative estimate of drug-likeness (QED) is 0.903. The van der Waals surface area contributed by atoms with Gasteiger partial charge in [0, 0.05) is 24.0 Å². The summed E-state index contributed by atoms with van der Waals surface area (Å²) in [5.74, 6) is 0.322. The molecule has 0 radical (unpaired) electrons. The summed E-state index contributed by atoms with van der Waals surface area (Å²) < 4.78 is 0. The highest BCUT2D eigenvalue weighted by Gasteiger charge is 2.12. The molecule has 2 N–H and O–H groups in total. The van der Waals surface area contributed by atoms with Crippen molar-refractivity contribution in [3.8, 4) is 0 Å². The second-order valence-corrected chi connectivity index (χ2v) is 4.42. The number of halogens is 1. The summed E-state index contributed by atoms with van der Waals surface area (Å²) in [5, 5.41) is 6.35. The van der Waals surface area contributed by atoms with Crippen LogP contribution in [0.4, 0.5) is 11.5 Å². The molecular weight excluding hydrogens is 262 g/mol. The molecule has 0 spiro atoms. The number of nitrogens with one attached hydrogen (secondary N) is 2. The topological polar surface area (TPSA) is 54.0 Å². The highest BCUT2D eigenvalue weighted by molar-refractivity contribution is 6.31. The summed E-state index contributed by atoms with van der Waals surface area (Å²) in [4.78, 5) is 16.3. The van der Waals surface area contributed by atoms with Crippen LogP contribution in [0.2, 0.25) is 5.02 Å². The van der Waals surface area contributed by atoms with Crippen LogP contribution in [0.25, 0.3) is 0 Å². The maximum Gasteiger partial charge on any atom is 0.259 e. The minimum Gasteiger partial charge on any atom is -0.372 e. The molecule has 0 aliphatic rings. The van der Waals surface area contributed by atoms with Crippen LogP contribution >= 0.6 is 11.6 Å². The SMILES string of the molecule is CNc1ncccc1C(=O)Nc1cccc(Cl)c1C. The van der Waals surface area contributed by atoms with Crippen molar-refractivity contribution >= 4 is 29.0 Å². The molecule has 0 bridgehead atoms. The number of aromatic nitrogens is 1. The zero-order valence-corrected chi connectivity index (χ0v) is 11.5. The fourth-order valence-corrected chi connectivity index (χ4v) is 1.89. The average molecular weight is 276 g/mol. The van der Waals surface area contributed by atoms with E-state index in [-0.39, 0.29) is 5.91 Å². The van der Waals surface area contributed by atoms with Gasteiger partial charge in [0.2, 0.25) is 0 Å². The predicted molar refractivity (Wildman–Crippen MR) is 77.9 cm³/mol. The lowest BCUT2D eigenvalue weighted by atomic mass is 10.2. The van der Waals surface area contributed by atoms with Crippen LogP contribution in [0.1, 0.15) is 15.9 Å². The van der Waals surface area contributed by atoms with E-state index in [1.165, 1.54) is 0 Å². The molecule has 2 aromatic rings. The lowest BCUT2D eigenvalue weighted by molar-refractivity contribution is 0.102. The molecule has 0 unspecified atom stereocenters. The van der Waals surface area contributed by atoms with Gasteiger partial charge in [-0.2, -0.15) is 0 Å². The third-order valence-corrected chi connectivity index (χ3v) is 3.21. The first-order chi connectivity index (χ1) is 9.13. The summed E-state index contributed by atoms with van der Waals surface area (Å²) >= 11 is 6.03. The van der Waals surface area contributed by atoms with Gasteiger partial charge in [-0.15, -0.1) is 0 Å². The molecule has 2 rings (SSSR count). The lowest BCUT2D eigenvalue weighted by Gasteiger charge is -2.11. The maximum atomic E-state index is 12.2. The molecule has 98 valence electrons. The Labute approximate surface area is 116 Å². The first kappa shape index (κ1) is 13.4. The second-order valence-electron chi connectivity index (χ2n) is 4.02. The first-order valence-electron chi connectivity index (χ1n) is 5.82. The third kappa shape index (κ3) is 2.85. The van der Waals surface area contributed by atoms with Crippen molar-refractivity contribution in [1.82, 2.24) is 4.98 Å². The number of carbonyl (C=O) groups is 1. The van der Waals surface area contributed by atoms with Crippen molar-refractivity contribution in [2.45, 2.75) is 6.92 Å². The van der Waals surface area contributed by atoms with Crippen molar-refractivity contribution in [2.75, 3.05) is 17.7 Å². The molecule has 0 aliphatic heterocycles. The molecule has 0 fully saturated rings. The summed E-state index contributed by atoms with van der Waals surface area (Å²) in [6.45, 7) is 1.86. The number of hydrogen-bond donors (Lipinski definition) is 2. The molecule has 0 atom stereocenters. The van der Waals surface area contributed by atoms with Crippen LogP contribution in [-0.2, 0) is 0 Å². The van der Waals surface area contributed by atoms with E-state index in [2.05, 4.69) is 15.6 Å². The average Bonchev–Trinajstić information content (AvgIpc) is 2.43. The van der Waals surface area contributed by atoms with Gasteiger partial charge in [-0.05, 0) is 36.8 Å². The van der Waals surface area contributed by atoms with Gasteiger partial charge >= 0.3 is 0 Å². The minimum atomic E-state index is -0.220. The second kappa shape index (κ2) is 5.71. The third-order valence-electron chi connectivity index (χ3n) is 2.81. The number of rotatable bonds is 3. The van der Waals surface area contributed by atoms with E-state index in [9.17, 15) is 4.79 Å². The van der Waals surface area contributed by atoms with Gasteiger partial charge in [0.15, 0.2) is 0 Å². The fraction of sp³-hybridized carbons (Fsp3) is 0.143. The summed E-state index contributed by atoms with van der Waals surface area (Å²) in [5.41, 5.74) is 2.03. The van der Waals surface area contributed by atoms with E-state index in [1.807, 2.05) is 13.0 Å². The van der Waals surface area contributed by atoms with Crippen molar-refractivity contribution in [3.05, 3.63) is 52.7 Å². The lowest BCUT2D eigenvalue weighted by Crippen LogP contribution is -2.15. The molecule has 1 aromatic carbocycles. The monoisotopic (exact) mass is 275 g/mol. The molecule has 1 heterocycles. The smallest absolute Gasteiger partial charge is 0.259 e. The molecule has 0 saturated heterocycles. The largest absolute Gasteiger partial charge is 0.372 e. The van der Waals surface area contributed by atoms with Crippen LogP contribution in [0.5, 0.6) is 0 Å². The summed E-state index contributed by atoms with van der Waals surface area (Å²) in [6.07, 6.45) is 1.63. The normalized spacial score (nSPS) is 10.1. The van der Waals surface area contributed by atoms with Gasteiger partial charge in [-0.25, -0.2) is 4.98 Å². The van der Waals surface area contributed by atoms with Gasteiger partial charge in [0.25, 0.3) is 5.91 Å². The van der Waals surface area contributed by atoms with Gasteiger partial charge in [-0.3, -0.25) is 4.79 Å². The van der Waals surface area contributed by atoms with Gasteiger partial charge in [0.05, 0.1) is 5.56 Å². The molecule has 19 heavy (non-hydrogen) atoms. The van der Waals surface area contributed by atoms with E-state index in [4.69, 9.17) is 11.6 Å². The van der Waals surface area contributed by atoms with E-state index >= 15 is 0 Å². The number of nitrogens with zero attached hydrogens (tertiary/aromatic N) is 1. The van der Waals surface area contributed by atoms with E-state index in [0.29, 0.717) is 22.1 Å². The maximum absolute atomic E-state index is 12.2. The fourth-order valence-electron chi connectivity index (χ4n) is 1.72. The van der Waals surface area contributed by atoms with Crippen LogP contribution in [0.15, 0.2) is 36.5 Å². The zero-order chi connectivity index (χ0) is 13.8. The Kier molecular flexibility index (Phi) is 4.02. The minimum absolute atomic E-state index is 0.220. The number of anilines is 2. The van der Waals surface area contributed by atoms with Crippen molar-refractivity contribution < 1.29 is 4.79 Å². The van der Waals surface area contributed by atoms with Crippen molar-refractivity contribution in [1.29, 1.82) is 0 Å². The number of amides is 1. The first-order valence-corrected chi connectivity index (χ1v) is 6.20. The number of carbonyl (C=O) groups excluding carboxylic acids is 1. The van der Waals surface area contributed by atoms with Crippen LogP contribution in [-0.4, -0.2) is 17.9 Å². The summed E-state index contributed by atoms with van der Waals surface area (Å²) in [6, 6.07) is 8.84. The predicted octanol–water partition coefficient (Wildman–Crippen LogP) is 3.34. The Morgan fingerprint density at radius 3 is 2.79 bits per heavy atom. The van der Waals surface area contributed by atoms with Crippen LogP contribution in [0, 0.1) is 6.92 Å². The standard InChI is InChI=1S/C14H14ClN3O/c1-9-11(15)6-3-7-12(9)18-14(19)10-5-4-8-17-13(10)16-2/h3-8H,1-2H3,(H,16,17)(H,18,19). The Morgan fingerprint density at radius 2 is 2.05 bits per heavy atom. The Morgan fingerprint density at radius 1 is 1.26 bits per heavy atom. The van der Waals surface area contributed by atoms with Crippen molar-refractivity contribution in [2.24, 2.45) is 0 Å².